The van der Waals surface area contributed by atoms with Gasteiger partial charge in [0, 0.05) is 30.6 Å². The van der Waals surface area contributed by atoms with Crippen molar-refractivity contribution in [2.45, 2.75) is 30.8 Å². The van der Waals surface area contributed by atoms with Crippen molar-refractivity contribution in [3.05, 3.63) is 119 Å². The highest BCUT2D eigenvalue weighted by Crippen LogP contribution is 2.34. The predicted molar refractivity (Wildman–Crippen MR) is 173 cm³/mol. The Morgan fingerprint density at radius 1 is 0.891 bits per heavy atom. The second kappa shape index (κ2) is 14.7. The molecule has 1 aliphatic heterocycles. The van der Waals surface area contributed by atoms with Crippen LogP contribution in [0.25, 0.3) is 0 Å². The summed E-state index contributed by atoms with van der Waals surface area (Å²) in [5.74, 6) is -0.983. The first-order valence-electron chi connectivity index (χ1n) is 14.7. The van der Waals surface area contributed by atoms with E-state index in [1.54, 1.807) is 31.2 Å². The highest BCUT2D eigenvalue weighted by atomic mass is 35.5. The molecule has 0 aromatic heterocycles. The van der Waals surface area contributed by atoms with Gasteiger partial charge in [-0.05, 0) is 66.6 Å². The van der Waals surface area contributed by atoms with Gasteiger partial charge >= 0.3 is 0 Å². The molecule has 12 heteroatoms. The van der Waals surface area contributed by atoms with Gasteiger partial charge in [-0.3, -0.25) is 13.9 Å². The van der Waals surface area contributed by atoms with E-state index in [1.807, 2.05) is 30.3 Å². The van der Waals surface area contributed by atoms with Crippen LogP contribution in [0.3, 0.4) is 0 Å². The molecule has 1 heterocycles. The lowest BCUT2D eigenvalue weighted by molar-refractivity contribution is -0.140. The Balaban J connectivity index is 1.57. The van der Waals surface area contributed by atoms with Crippen LogP contribution in [0.5, 0.6) is 11.5 Å². The monoisotopic (exact) mass is 665 g/mol. The number of nitrogens with one attached hydrogen (secondary N) is 1. The summed E-state index contributed by atoms with van der Waals surface area (Å²) in [4.78, 5) is 29.2. The Labute approximate surface area is 272 Å². The highest BCUT2D eigenvalue weighted by molar-refractivity contribution is 7.92. The number of carbonyl (C=O) groups is 2. The van der Waals surface area contributed by atoms with E-state index in [-0.39, 0.29) is 35.9 Å². The first-order valence-corrected chi connectivity index (χ1v) is 16.5. The molecule has 1 atom stereocenters. The van der Waals surface area contributed by atoms with Gasteiger partial charge in [-0.15, -0.1) is 0 Å². The van der Waals surface area contributed by atoms with Gasteiger partial charge in [0.15, 0.2) is 11.5 Å². The number of ether oxygens (including phenoxy) is 2. The average molecular weight is 666 g/mol. The Hall–Kier alpha value is -4.61. The fraction of sp³-hybridized carbons (Fsp3) is 0.235. The fourth-order valence-corrected chi connectivity index (χ4v) is 6.77. The largest absolute Gasteiger partial charge is 0.486 e. The number of hydrogen-bond donors (Lipinski definition) is 1. The second-order valence-electron chi connectivity index (χ2n) is 10.5. The van der Waals surface area contributed by atoms with Crippen molar-refractivity contribution in [3.8, 4) is 11.5 Å². The molecule has 1 aliphatic rings. The van der Waals surface area contributed by atoms with Gasteiger partial charge in [0.25, 0.3) is 10.0 Å². The quantitative estimate of drug-likeness (QED) is 0.223. The van der Waals surface area contributed by atoms with Crippen LogP contribution >= 0.6 is 11.6 Å². The van der Waals surface area contributed by atoms with E-state index in [9.17, 15) is 22.4 Å². The van der Waals surface area contributed by atoms with Gasteiger partial charge in [0.2, 0.25) is 11.8 Å². The Kier molecular flexibility index (Phi) is 10.4. The van der Waals surface area contributed by atoms with Crippen LogP contribution in [0.15, 0.2) is 102 Å². The van der Waals surface area contributed by atoms with E-state index in [0.717, 1.165) is 22.0 Å². The van der Waals surface area contributed by atoms with Crippen molar-refractivity contribution in [2.24, 2.45) is 0 Å². The minimum atomic E-state index is -4.42. The number of rotatable bonds is 12. The summed E-state index contributed by atoms with van der Waals surface area (Å²) in [6.07, 6.45) is 0.171. The van der Waals surface area contributed by atoms with Gasteiger partial charge < -0.3 is 19.7 Å². The number of fused-ring (bicyclic) bond motifs is 1. The van der Waals surface area contributed by atoms with Crippen molar-refractivity contribution in [1.29, 1.82) is 0 Å². The van der Waals surface area contributed by atoms with Crippen molar-refractivity contribution < 1.29 is 31.9 Å². The normalized spacial score (nSPS) is 13.0. The van der Waals surface area contributed by atoms with E-state index in [4.69, 9.17) is 21.1 Å². The summed E-state index contributed by atoms with van der Waals surface area (Å²) in [5, 5.41) is 3.26. The maximum absolute atomic E-state index is 14.4. The number of benzene rings is 4. The first-order chi connectivity index (χ1) is 22.2. The third-order valence-corrected chi connectivity index (χ3v) is 9.36. The molecule has 9 nitrogen and oxygen atoms in total. The summed E-state index contributed by atoms with van der Waals surface area (Å²) in [5.41, 5.74) is 1.51. The number of sulfonamides is 1. The molecule has 0 unspecified atom stereocenters. The summed E-state index contributed by atoms with van der Waals surface area (Å²) in [7, 11) is -4.42. The van der Waals surface area contributed by atoms with E-state index < -0.39 is 40.2 Å². The van der Waals surface area contributed by atoms with Crippen LogP contribution < -0.4 is 19.1 Å². The summed E-state index contributed by atoms with van der Waals surface area (Å²) in [6.45, 7) is 1.95. The maximum atomic E-state index is 14.4. The Morgan fingerprint density at radius 2 is 1.59 bits per heavy atom. The van der Waals surface area contributed by atoms with Crippen molar-refractivity contribution in [2.75, 3.05) is 30.6 Å². The maximum Gasteiger partial charge on any atom is 0.264 e. The molecular formula is C34H33ClFN3O6S. The van der Waals surface area contributed by atoms with Gasteiger partial charge in [0.05, 0.1) is 10.6 Å². The molecule has 0 spiro atoms. The SMILES string of the molecule is CCNC(=O)[C@H](Cc1ccccc1)N(Cc1cccc(Cl)c1)C(=O)CN(c1ccc(F)cc1)S(=O)(=O)c1ccc2c(c1)OCCO2. The molecule has 0 saturated carbocycles. The topological polar surface area (TPSA) is 105 Å². The third kappa shape index (κ3) is 7.78. The molecule has 1 N–H and O–H groups in total. The molecule has 4 aromatic rings. The van der Waals surface area contributed by atoms with Crippen LogP contribution in [0.2, 0.25) is 5.02 Å². The molecule has 46 heavy (non-hydrogen) atoms. The fourth-order valence-electron chi connectivity index (χ4n) is 5.13. The van der Waals surface area contributed by atoms with Crippen LogP contribution in [-0.2, 0) is 32.6 Å². The van der Waals surface area contributed by atoms with Crippen molar-refractivity contribution in [3.63, 3.8) is 0 Å². The van der Waals surface area contributed by atoms with Crippen LogP contribution in [0.1, 0.15) is 18.1 Å². The van der Waals surface area contributed by atoms with E-state index in [2.05, 4.69) is 5.32 Å². The van der Waals surface area contributed by atoms with Gasteiger partial charge in [-0.2, -0.15) is 0 Å². The minimum Gasteiger partial charge on any atom is -0.486 e. The zero-order valence-corrected chi connectivity index (χ0v) is 26.6. The lowest BCUT2D eigenvalue weighted by Crippen LogP contribution is -2.53. The minimum absolute atomic E-state index is 0.0324. The first kappa shape index (κ1) is 32.8. The summed E-state index contributed by atoms with van der Waals surface area (Å²) < 4.78 is 54.5. The second-order valence-corrected chi connectivity index (χ2v) is 12.8. The molecule has 2 amide bonds. The molecule has 240 valence electrons. The zero-order valence-electron chi connectivity index (χ0n) is 25.1. The third-order valence-electron chi connectivity index (χ3n) is 7.36. The van der Waals surface area contributed by atoms with Crippen molar-refractivity contribution >= 4 is 39.1 Å². The van der Waals surface area contributed by atoms with E-state index in [1.165, 1.54) is 35.2 Å². The number of likely N-dealkylation sites (N-methyl/N-ethyl adjacent to an activating group) is 1. The Morgan fingerprint density at radius 3 is 2.28 bits per heavy atom. The zero-order chi connectivity index (χ0) is 32.7. The smallest absolute Gasteiger partial charge is 0.264 e. The van der Waals surface area contributed by atoms with Crippen LogP contribution in [0.4, 0.5) is 10.1 Å². The highest BCUT2D eigenvalue weighted by Gasteiger charge is 2.35. The number of hydrogen-bond acceptors (Lipinski definition) is 6. The molecule has 0 bridgehead atoms. The standard InChI is InChI=1S/C34H33ClFN3O6S/c1-2-37-34(41)30(20-24-7-4-3-5-8-24)38(22-25-9-6-10-26(35)19-25)33(40)23-39(28-13-11-27(36)12-14-28)46(42,43)29-15-16-31-32(21-29)45-18-17-44-31/h3-16,19,21,30H,2,17-18,20,22-23H2,1H3,(H,37,41)/t30-/m0/s1. The van der Waals surface area contributed by atoms with Crippen molar-refractivity contribution in [1.82, 2.24) is 10.2 Å². The number of halogens is 2. The molecule has 0 radical (unpaired) electrons. The Bertz CT molecular complexity index is 1790. The average Bonchev–Trinajstić information content (AvgIpc) is 3.06. The summed E-state index contributed by atoms with van der Waals surface area (Å²) >= 11 is 6.26. The molecule has 5 rings (SSSR count). The van der Waals surface area contributed by atoms with E-state index in [0.29, 0.717) is 29.5 Å². The molecule has 0 saturated heterocycles. The number of anilines is 1. The number of nitrogens with zero attached hydrogens (tertiary/aromatic N) is 2. The molecule has 0 aliphatic carbocycles. The molecule has 0 fully saturated rings. The van der Waals surface area contributed by atoms with Gasteiger partial charge in [-0.1, -0.05) is 54.1 Å². The van der Waals surface area contributed by atoms with Gasteiger partial charge in [0.1, 0.15) is 31.6 Å². The predicted octanol–water partition coefficient (Wildman–Crippen LogP) is 5.22. The molecule has 4 aromatic carbocycles. The lowest BCUT2D eigenvalue weighted by Gasteiger charge is -2.34. The summed E-state index contributed by atoms with van der Waals surface area (Å²) in [6, 6.07) is 24.1. The van der Waals surface area contributed by atoms with Crippen LogP contribution in [-0.4, -0.2) is 57.5 Å². The van der Waals surface area contributed by atoms with E-state index >= 15 is 0 Å². The molecular weight excluding hydrogens is 633 g/mol. The van der Waals surface area contributed by atoms with Crippen LogP contribution in [0, 0.1) is 5.82 Å². The van der Waals surface area contributed by atoms with Gasteiger partial charge in [-0.25, -0.2) is 12.8 Å². The number of carbonyl (C=O) groups excluding carboxylic acids is 2. The number of amides is 2. The lowest BCUT2D eigenvalue weighted by atomic mass is 10.0.